The molecule has 2 atom stereocenters. The Morgan fingerprint density at radius 2 is 2.12 bits per heavy atom. The van der Waals surface area contributed by atoms with E-state index >= 15 is 0 Å². The minimum atomic E-state index is 0.0684. The molecule has 0 saturated heterocycles. The molecule has 1 aromatic rings. The quantitative estimate of drug-likeness (QED) is 0.751. The van der Waals surface area contributed by atoms with Gasteiger partial charge in [0.2, 0.25) is 0 Å². The minimum Gasteiger partial charge on any atom is -0.507 e. The molecule has 0 aromatic heterocycles. The molecule has 0 aliphatic carbocycles. The molecule has 0 amide bonds. The van der Waals surface area contributed by atoms with Gasteiger partial charge in [0.1, 0.15) is 11.5 Å². The van der Waals surface area contributed by atoms with Crippen LogP contribution in [0.3, 0.4) is 0 Å². The second-order valence-electron chi connectivity index (χ2n) is 3.84. The molecule has 2 unspecified atom stereocenters. The fourth-order valence-corrected chi connectivity index (χ4v) is 1.57. The maximum atomic E-state index is 9.83. The number of hydrogen-bond donors (Lipinski definition) is 2. The molecule has 0 bridgehead atoms. The first-order chi connectivity index (χ1) is 7.58. The number of ether oxygens (including phenoxy) is 1. The summed E-state index contributed by atoms with van der Waals surface area (Å²) in [4.78, 5) is 0. The molecule has 3 heteroatoms. The van der Waals surface area contributed by atoms with E-state index in [9.17, 15) is 5.11 Å². The van der Waals surface area contributed by atoms with Crippen molar-refractivity contribution in [2.45, 2.75) is 25.9 Å². The molecule has 0 aliphatic rings. The number of methoxy groups -OCH3 is 1. The van der Waals surface area contributed by atoms with Gasteiger partial charge in [-0.2, -0.15) is 0 Å². The number of phenols is 1. The Balaban J connectivity index is 2.83. The molecule has 88 valence electrons. The first-order valence-corrected chi connectivity index (χ1v) is 5.34. The number of benzene rings is 1. The van der Waals surface area contributed by atoms with Gasteiger partial charge in [-0.1, -0.05) is 12.1 Å². The van der Waals surface area contributed by atoms with Gasteiger partial charge >= 0.3 is 0 Å². The van der Waals surface area contributed by atoms with E-state index in [2.05, 4.69) is 11.9 Å². The second kappa shape index (κ2) is 5.56. The third-order valence-electron chi connectivity index (χ3n) is 2.57. The molecule has 1 rings (SSSR count). The molecule has 0 spiro atoms. The highest BCUT2D eigenvalue weighted by atomic mass is 16.5. The average Bonchev–Trinajstić information content (AvgIpc) is 2.28. The smallest absolute Gasteiger partial charge is 0.124 e. The van der Waals surface area contributed by atoms with Crippen LogP contribution in [0.5, 0.6) is 11.5 Å². The zero-order valence-electron chi connectivity index (χ0n) is 10.0. The van der Waals surface area contributed by atoms with Crippen LogP contribution < -0.4 is 10.1 Å². The largest absolute Gasteiger partial charge is 0.507 e. The van der Waals surface area contributed by atoms with Crippen molar-refractivity contribution in [3.63, 3.8) is 0 Å². The maximum absolute atomic E-state index is 9.83. The molecule has 3 nitrogen and oxygen atoms in total. The summed E-state index contributed by atoms with van der Waals surface area (Å²) in [7, 11) is 1.58. The van der Waals surface area contributed by atoms with Gasteiger partial charge in [-0.3, -0.25) is 0 Å². The van der Waals surface area contributed by atoms with E-state index in [0.717, 1.165) is 5.56 Å². The van der Waals surface area contributed by atoms with Gasteiger partial charge < -0.3 is 15.2 Å². The number of phenolic OH excluding ortho intramolecular Hbond substituents is 1. The summed E-state index contributed by atoms with van der Waals surface area (Å²) >= 11 is 0. The van der Waals surface area contributed by atoms with Crippen molar-refractivity contribution in [1.29, 1.82) is 0 Å². The van der Waals surface area contributed by atoms with Crippen LogP contribution in [0, 0.1) is 0 Å². The zero-order chi connectivity index (χ0) is 12.1. The van der Waals surface area contributed by atoms with Crippen LogP contribution in [0.15, 0.2) is 30.9 Å². The molecule has 0 aliphatic heterocycles. The summed E-state index contributed by atoms with van der Waals surface area (Å²) in [6, 6.07) is 5.59. The summed E-state index contributed by atoms with van der Waals surface area (Å²) in [5.41, 5.74) is 0.856. The van der Waals surface area contributed by atoms with Gasteiger partial charge in [0.05, 0.1) is 7.11 Å². The van der Waals surface area contributed by atoms with Crippen LogP contribution in [0.25, 0.3) is 0 Å². The van der Waals surface area contributed by atoms with Gasteiger partial charge in [0.15, 0.2) is 0 Å². The molecule has 2 N–H and O–H groups in total. The Bertz CT molecular complexity index is 363. The third kappa shape index (κ3) is 3.00. The summed E-state index contributed by atoms with van der Waals surface area (Å²) < 4.78 is 5.04. The average molecular weight is 221 g/mol. The summed E-state index contributed by atoms with van der Waals surface area (Å²) in [6.45, 7) is 7.73. The molecular formula is C13H19NO2. The Kier molecular flexibility index (Phi) is 4.38. The van der Waals surface area contributed by atoms with Crippen molar-refractivity contribution in [1.82, 2.24) is 5.32 Å². The van der Waals surface area contributed by atoms with Gasteiger partial charge in [0, 0.05) is 23.7 Å². The van der Waals surface area contributed by atoms with Crippen molar-refractivity contribution >= 4 is 0 Å². The van der Waals surface area contributed by atoms with Gasteiger partial charge in [0.25, 0.3) is 0 Å². The summed E-state index contributed by atoms with van der Waals surface area (Å²) in [5, 5.41) is 13.1. The molecule has 16 heavy (non-hydrogen) atoms. The lowest BCUT2D eigenvalue weighted by molar-refractivity contribution is 0.403. The number of aromatic hydroxyl groups is 1. The van der Waals surface area contributed by atoms with Crippen molar-refractivity contribution in [2.24, 2.45) is 0 Å². The summed E-state index contributed by atoms with van der Waals surface area (Å²) in [5.74, 6) is 0.904. The van der Waals surface area contributed by atoms with Crippen molar-refractivity contribution in [3.05, 3.63) is 36.4 Å². The SMILES string of the molecule is C=CC(C)NC(C)c1ccc(OC)cc1O. The van der Waals surface area contributed by atoms with Crippen LogP contribution in [0.2, 0.25) is 0 Å². The van der Waals surface area contributed by atoms with Gasteiger partial charge in [-0.15, -0.1) is 6.58 Å². The standard InChI is InChI=1S/C13H19NO2/c1-5-9(2)14-10(3)12-7-6-11(16-4)8-13(12)15/h5-10,14-15H,1H2,2-4H3. The lowest BCUT2D eigenvalue weighted by Gasteiger charge is -2.19. The van der Waals surface area contributed by atoms with Crippen LogP contribution in [-0.2, 0) is 0 Å². The Morgan fingerprint density at radius 3 is 2.62 bits per heavy atom. The van der Waals surface area contributed by atoms with Crippen LogP contribution in [0.4, 0.5) is 0 Å². The number of hydrogen-bond acceptors (Lipinski definition) is 3. The van der Waals surface area contributed by atoms with Crippen molar-refractivity contribution in [2.75, 3.05) is 7.11 Å². The highest BCUT2D eigenvalue weighted by molar-refractivity contribution is 5.41. The van der Waals surface area contributed by atoms with Crippen LogP contribution >= 0.6 is 0 Å². The third-order valence-corrected chi connectivity index (χ3v) is 2.57. The monoisotopic (exact) mass is 221 g/mol. The van der Waals surface area contributed by atoms with Gasteiger partial charge in [-0.25, -0.2) is 0 Å². The molecule has 0 saturated carbocycles. The van der Waals surface area contributed by atoms with Crippen molar-refractivity contribution < 1.29 is 9.84 Å². The molecule has 0 radical (unpaired) electrons. The Labute approximate surface area is 96.8 Å². The maximum Gasteiger partial charge on any atom is 0.124 e. The van der Waals surface area contributed by atoms with Crippen LogP contribution in [0.1, 0.15) is 25.5 Å². The topological polar surface area (TPSA) is 41.5 Å². The van der Waals surface area contributed by atoms with Gasteiger partial charge in [-0.05, 0) is 19.9 Å². The normalized spacial score (nSPS) is 14.2. The first-order valence-electron chi connectivity index (χ1n) is 5.34. The summed E-state index contributed by atoms with van der Waals surface area (Å²) in [6.07, 6.45) is 1.83. The molecule has 1 aromatic carbocycles. The highest BCUT2D eigenvalue weighted by Crippen LogP contribution is 2.28. The fourth-order valence-electron chi connectivity index (χ4n) is 1.57. The van der Waals surface area contributed by atoms with Crippen LogP contribution in [-0.4, -0.2) is 18.3 Å². The number of rotatable bonds is 5. The predicted octanol–water partition coefficient (Wildman–Crippen LogP) is 2.63. The van der Waals surface area contributed by atoms with E-state index < -0.39 is 0 Å². The minimum absolute atomic E-state index is 0.0684. The number of nitrogens with one attached hydrogen (secondary N) is 1. The lowest BCUT2D eigenvalue weighted by Crippen LogP contribution is -2.26. The van der Waals surface area contributed by atoms with E-state index in [1.807, 2.05) is 32.1 Å². The van der Waals surface area contributed by atoms with E-state index in [1.165, 1.54) is 0 Å². The first kappa shape index (κ1) is 12.6. The van der Waals surface area contributed by atoms with E-state index in [0.29, 0.717) is 5.75 Å². The molecular weight excluding hydrogens is 202 g/mol. The Morgan fingerprint density at radius 1 is 1.44 bits per heavy atom. The zero-order valence-corrected chi connectivity index (χ0v) is 10.0. The van der Waals surface area contributed by atoms with E-state index in [4.69, 9.17) is 4.74 Å². The molecule has 0 heterocycles. The second-order valence-corrected chi connectivity index (χ2v) is 3.84. The lowest BCUT2D eigenvalue weighted by atomic mass is 10.1. The van der Waals surface area contributed by atoms with E-state index in [-0.39, 0.29) is 17.8 Å². The highest BCUT2D eigenvalue weighted by Gasteiger charge is 2.12. The van der Waals surface area contributed by atoms with E-state index in [1.54, 1.807) is 13.2 Å². The predicted molar refractivity (Wildman–Crippen MR) is 65.9 cm³/mol. The fraction of sp³-hybridized carbons (Fsp3) is 0.385. The van der Waals surface area contributed by atoms with Crippen molar-refractivity contribution in [3.8, 4) is 11.5 Å². The Hall–Kier alpha value is -1.48. The molecule has 0 fully saturated rings.